The van der Waals surface area contributed by atoms with Crippen molar-refractivity contribution in [1.29, 1.82) is 0 Å². The second-order valence-electron chi connectivity index (χ2n) is 5.02. The molecule has 20 heavy (non-hydrogen) atoms. The lowest BCUT2D eigenvalue weighted by molar-refractivity contribution is 0.964. The normalized spacial score (nSPS) is 25.8. The Morgan fingerprint density at radius 2 is 2.20 bits per heavy atom. The summed E-state index contributed by atoms with van der Waals surface area (Å²) in [5.41, 5.74) is 2.80. The monoisotopic (exact) mass is 298 g/mol. The predicted octanol–water partition coefficient (Wildman–Crippen LogP) is 5.91. The molecule has 0 amide bonds. The molecule has 0 saturated carbocycles. The lowest BCUT2D eigenvalue weighted by Crippen LogP contribution is -2.08. The Hall–Kier alpha value is -1.12. The fourth-order valence-electron chi connectivity index (χ4n) is 2.58. The van der Waals surface area contributed by atoms with Gasteiger partial charge in [-0.3, -0.25) is 0 Å². The summed E-state index contributed by atoms with van der Waals surface area (Å²) in [7, 11) is 0. The molecule has 0 aromatic rings. The first-order chi connectivity index (χ1) is 9.78. The van der Waals surface area contributed by atoms with Crippen molar-refractivity contribution < 1.29 is 0 Å². The first-order valence-corrected chi connectivity index (χ1v) is 8.61. The average Bonchev–Trinajstić information content (AvgIpc) is 2.61. The standard InChI is InChI=1S/C18H18S2/c1-3-4-7-14-10-11-17-18(12-14)19-13(2)15-8-5-6-9-16(15)20-17/h3-8,12,16H,1-2,9-11H2/b7-4+. The molecule has 0 radical (unpaired) electrons. The van der Waals surface area contributed by atoms with E-state index in [1.54, 1.807) is 0 Å². The van der Waals surface area contributed by atoms with Gasteiger partial charge in [-0.2, -0.15) is 0 Å². The third-order valence-corrected chi connectivity index (χ3v) is 6.26. The number of thioether (sulfide) groups is 2. The molecule has 0 aromatic heterocycles. The van der Waals surface area contributed by atoms with Gasteiger partial charge in [0.1, 0.15) is 0 Å². The molecule has 0 N–H and O–H groups in total. The Morgan fingerprint density at radius 3 is 3.05 bits per heavy atom. The molecule has 3 aliphatic rings. The largest absolute Gasteiger partial charge is 0.121 e. The molecule has 102 valence electrons. The molecule has 1 heterocycles. The Bertz CT molecular complexity index is 597. The maximum atomic E-state index is 4.29. The molecule has 1 unspecified atom stereocenters. The van der Waals surface area contributed by atoms with E-state index < -0.39 is 0 Å². The zero-order chi connectivity index (χ0) is 13.9. The van der Waals surface area contributed by atoms with E-state index in [2.05, 4.69) is 43.5 Å². The first kappa shape index (κ1) is 13.8. The van der Waals surface area contributed by atoms with Crippen LogP contribution in [0.4, 0.5) is 0 Å². The highest BCUT2D eigenvalue weighted by Crippen LogP contribution is 2.50. The summed E-state index contributed by atoms with van der Waals surface area (Å²) in [4.78, 5) is 4.14. The van der Waals surface area contributed by atoms with Gasteiger partial charge in [0.2, 0.25) is 0 Å². The van der Waals surface area contributed by atoms with E-state index in [-0.39, 0.29) is 0 Å². The van der Waals surface area contributed by atoms with Crippen molar-refractivity contribution in [3.63, 3.8) is 0 Å². The summed E-state index contributed by atoms with van der Waals surface area (Å²) in [6, 6.07) is 0. The van der Waals surface area contributed by atoms with Gasteiger partial charge in [0.05, 0.1) is 0 Å². The second-order valence-corrected chi connectivity index (χ2v) is 7.45. The summed E-state index contributed by atoms with van der Waals surface area (Å²) >= 11 is 3.88. The van der Waals surface area contributed by atoms with Gasteiger partial charge in [0.15, 0.2) is 0 Å². The number of hydrogen-bond acceptors (Lipinski definition) is 2. The summed E-state index contributed by atoms with van der Waals surface area (Å²) in [5, 5.41) is 0.561. The molecular formula is C18H18S2. The van der Waals surface area contributed by atoms with Crippen LogP contribution in [0.1, 0.15) is 19.3 Å². The molecule has 0 spiro atoms. The van der Waals surface area contributed by atoms with Crippen LogP contribution in [-0.2, 0) is 0 Å². The van der Waals surface area contributed by atoms with Gasteiger partial charge >= 0.3 is 0 Å². The Kier molecular flexibility index (Phi) is 4.23. The molecule has 0 nitrogen and oxygen atoms in total. The lowest BCUT2D eigenvalue weighted by Gasteiger charge is -2.20. The number of fused-ring (bicyclic) bond motifs is 1. The number of hydrogen-bond donors (Lipinski definition) is 0. The fraction of sp³-hybridized carbons (Fsp3) is 0.222. The van der Waals surface area contributed by atoms with Gasteiger partial charge in [-0.05, 0) is 41.4 Å². The van der Waals surface area contributed by atoms with E-state index in [9.17, 15) is 0 Å². The molecule has 0 saturated heterocycles. The third-order valence-electron chi connectivity index (χ3n) is 3.63. The Morgan fingerprint density at radius 1 is 1.30 bits per heavy atom. The molecule has 2 heteroatoms. The van der Waals surface area contributed by atoms with Crippen molar-refractivity contribution in [2.24, 2.45) is 0 Å². The Labute approximate surface area is 129 Å². The average molecular weight is 298 g/mol. The molecule has 1 atom stereocenters. The zero-order valence-corrected chi connectivity index (χ0v) is 13.1. The smallest absolute Gasteiger partial charge is 0.0387 e. The zero-order valence-electron chi connectivity index (χ0n) is 11.5. The first-order valence-electron chi connectivity index (χ1n) is 6.91. The van der Waals surface area contributed by atoms with Crippen molar-refractivity contribution in [3.8, 4) is 0 Å². The van der Waals surface area contributed by atoms with Crippen LogP contribution >= 0.6 is 23.5 Å². The molecular weight excluding hydrogens is 280 g/mol. The minimum Gasteiger partial charge on any atom is -0.121 e. The third kappa shape index (κ3) is 2.82. The van der Waals surface area contributed by atoms with Gasteiger partial charge in [0, 0.05) is 15.1 Å². The van der Waals surface area contributed by atoms with Gasteiger partial charge in [-0.15, -0.1) is 11.8 Å². The van der Waals surface area contributed by atoms with Crippen LogP contribution in [0.5, 0.6) is 0 Å². The highest BCUT2D eigenvalue weighted by Gasteiger charge is 2.27. The van der Waals surface area contributed by atoms with Gasteiger partial charge in [-0.25, -0.2) is 0 Å². The van der Waals surface area contributed by atoms with Crippen LogP contribution in [-0.4, -0.2) is 5.25 Å². The van der Waals surface area contributed by atoms with Crippen LogP contribution in [0.25, 0.3) is 0 Å². The van der Waals surface area contributed by atoms with E-state index in [1.165, 1.54) is 25.9 Å². The maximum absolute atomic E-state index is 4.29. The van der Waals surface area contributed by atoms with Crippen LogP contribution in [0, 0.1) is 0 Å². The highest BCUT2D eigenvalue weighted by atomic mass is 32.2. The minimum atomic E-state index is 0.561. The van der Waals surface area contributed by atoms with Gasteiger partial charge in [0.25, 0.3) is 0 Å². The van der Waals surface area contributed by atoms with Crippen molar-refractivity contribution >= 4 is 23.5 Å². The highest BCUT2D eigenvalue weighted by molar-refractivity contribution is 8.10. The summed E-state index contributed by atoms with van der Waals surface area (Å²) in [6.07, 6.45) is 18.4. The number of rotatable bonds is 2. The van der Waals surface area contributed by atoms with Crippen molar-refractivity contribution in [2.45, 2.75) is 24.5 Å². The summed E-state index contributed by atoms with van der Waals surface area (Å²) in [6.45, 7) is 8.03. The topological polar surface area (TPSA) is 0 Å². The van der Waals surface area contributed by atoms with E-state index >= 15 is 0 Å². The van der Waals surface area contributed by atoms with Gasteiger partial charge < -0.3 is 0 Å². The van der Waals surface area contributed by atoms with Crippen molar-refractivity contribution in [3.05, 3.63) is 81.6 Å². The molecule has 3 rings (SSSR count). The molecule has 0 aromatic carbocycles. The molecule has 2 aliphatic carbocycles. The lowest BCUT2D eigenvalue weighted by atomic mass is 10.0. The van der Waals surface area contributed by atoms with E-state index in [0.29, 0.717) is 5.25 Å². The molecule has 1 aliphatic heterocycles. The molecule has 0 bridgehead atoms. The van der Waals surface area contributed by atoms with Crippen LogP contribution in [0.3, 0.4) is 0 Å². The van der Waals surface area contributed by atoms with Crippen LogP contribution in [0.15, 0.2) is 81.6 Å². The van der Waals surface area contributed by atoms with E-state index in [4.69, 9.17) is 0 Å². The van der Waals surface area contributed by atoms with Crippen molar-refractivity contribution in [2.75, 3.05) is 0 Å². The summed E-state index contributed by atoms with van der Waals surface area (Å²) in [5.74, 6) is 0. The van der Waals surface area contributed by atoms with E-state index in [1.807, 2.05) is 35.7 Å². The second kappa shape index (κ2) is 6.11. The van der Waals surface area contributed by atoms with Gasteiger partial charge in [-0.1, -0.05) is 61.4 Å². The van der Waals surface area contributed by atoms with E-state index in [0.717, 1.165) is 19.3 Å². The minimum absolute atomic E-state index is 0.561. The Balaban J connectivity index is 1.90. The van der Waals surface area contributed by atoms with Crippen molar-refractivity contribution in [1.82, 2.24) is 0 Å². The number of allylic oxidation sites excluding steroid dienone is 10. The SMILES string of the molecule is C=C/C=C/C1=CC2=C(CC1)SC1CC=CC=C1C(=C)S2. The predicted molar refractivity (Wildman–Crippen MR) is 93.6 cm³/mol. The summed E-state index contributed by atoms with van der Waals surface area (Å²) < 4.78 is 0. The van der Waals surface area contributed by atoms with Crippen LogP contribution in [0.2, 0.25) is 0 Å². The maximum Gasteiger partial charge on any atom is 0.0387 e. The van der Waals surface area contributed by atoms with Crippen LogP contribution < -0.4 is 0 Å². The molecule has 0 fully saturated rings. The quantitative estimate of drug-likeness (QED) is 0.581. The fourth-order valence-corrected chi connectivity index (χ4v) is 5.24.